The Hall–Kier alpha value is -2.37. The van der Waals surface area contributed by atoms with Crippen LogP contribution in [0.2, 0.25) is 0 Å². The molecule has 0 saturated carbocycles. The van der Waals surface area contributed by atoms with E-state index in [0.717, 1.165) is 5.56 Å². The predicted molar refractivity (Wildman–Crippen MR) is 58.1 cm³/mol. The van der Waals surface area contributed by atoms with Crippen LogP contribution in [0.5, 0.6) is 0 Å². The van der Waals surface area contributed by atoms with Gasteiger partial charge in [-0.15, -0.1) is 0 Å². The van der Waals surface area contributed by atoms with Gasteiger partial charge in [-0.05, 0) is 5.56 Å². The van der Waals surface area contributed by atoms with E-state index in [0.29, 0.717) is 0 Å². The molecular weight excluding hydrogens is 224 g/mol. The molecule has 6 nitrogen and oxygen atoms in total. The number of primary amides is 2. The van der Waals surface area contributed by atoms with Crippen LogP contribution in [0.1, 0.15) is 5.56 Å². The Morgan fingerprint density at radius 1 is 1.06 bits per heavy atom. The second-order valence-corrected chi connectivity index (χ2v) is 3.33. The molecule has 0 unspecified atom stereocenters. The average Bonchev–Trinajstić information content (AvgIpc) is 2.27. The lowest BCUT2D eigenvalue weighted by Crippen LogP contribution is -2.41. The van der Waals surface area contributed by atoms with E-state index in [9.17, 15) is 14.4 Å². The second kappa shape index (κ2) is 5.64. The van der Waals surface area contributed by atoms with Gasteiger partial charge in [-0.25, -0.2) is 0 Å². The summed E-state index contributed by atoms with van der Waals surface area (Å²) in [6.45, 7) is -0.0449. The summed E-state index contributed by atoms with van der Waals surface area (Å²) in [6, 6.07) is 8.81. The summed E-state index contributed by atoms with van der Waals surface area (Å²) in [6.07, 6.45) is 0. The van der Waals surface area contributed by atoms with Crippen LogP contribution in [0.15, 0.2) is 30.3 Å². The van der Waals surface area contributed by atoms with Crippen LogP contribution in [0.4, 0.5) is 0 Å². The lowest BCUT2D eigenvalue weighted by molar-refractivity contribution is -0.155. The maximum Gasteiger partial charge on any atom is 0.328 e. The van der Waals surface area contributed by atoms with Gasteiger partial charge in [0.15, 0.2) is 0 Å². The number of hydrogen-bond acceptors (Lipinski definition) is 4. The van der Waals surface area contributed by atoms with Crippen molar-refractivity contribution in [1.29, 1.82) is 0 Å². The molecule has 0 aromatic heterocycles. The largest absolute Gasteiger partial charge is 0.460 e. The van der Waals surface area contributed by atoms with Crippen LogP contribution in [-0.2, 0) is 25.7 Å². The summed E-state index contributed by atoms with van der Waals surface area (Å²) in [5, 5.41) is 0. The van der Waals surface area contributed by atoms with E-state index in [1.807, 2.05) is 0 Å². The SMILES string of the molecule is NC(=O)C(C(N)=O)C(=O)OCc1ccccc1. The lowest BCUT2D eigenvalue weighted by Gasteiger charge is -2.09. The summed E-state index contributed by atoms with van der Waals surface area (Å²) in [5.41, 5.74) is 10.5. The van der Waals surface area contributed by atoms with Gasteiger partial charge in [0.2, 0.25) is 17.7 Å². The molecule has 0 atom stereocenters. The second-order valence-electron chi connectivity index (χ2n) is 3.33. The van der Waals surface area contributed by atoms with Gasteiger partial charge in [-0.1, -0.05) is 30.3 Å². The third-order valence-corrected chi connectivity index (χ3v) is 2.03. The first-order valence-corrected chi connectivity index (χ1v) is 4.81. The molecule has 90 valence electrons. The summed E-state index contributed by atoms with van der Waals surface area (Å²) >= 11 is 0. The Bertz CT molecular complexity index is 416. The fourth-order valence-electron chi connectivity index (χ4n) is 1.18. The Morgan fingerprint density at radius 2 is 1.59 bits per heavy atom. The van der Waals surface area contributed by atoms with Gasteiger partial charge < -0.3 is 16.2 Å². The standard InChI is InChI=1S/C11H12N2O4/c12-9(14)8(10(13)15)11(16)17-6-7-4-2-1-3-5-7/h1-5,8H,6H2,(H2,12,14)(H2,13,15). The van der Waals surface area contributed by atoms with Crippen molar-refractivity contribution in [2.24, 2.45) is 17.4 Å². The summed E-state index contributed by atoms with van der Waals surface area (Å²) in [4.78, 5) is 33.0. The highest BCUT2D eigenvalue weighted by molar-refractivity contribution is 6.14. The fourth-order valence-corrected chi connectivity index (χ4v) is 1.18. The zero-order valence-corrected chi connectivity index (χ0v) is 8.96. The molecule has 6 heteroatoms. The third-order valence-electron chi connectivity index (χ3n) is 2.03. The normalized spacial score (nSPS) is 9.94. The monoisotopic (exact) mass is 236 g/mol. The Labute approximate surface area is 97.5 Å². The van der Waals surface area contributed by atoms with Gasteiger partial charge in [-0.3, -0.25) is 14.4 Å². The molecule has 1 aromatic carbocycles. The quantitative estimate of drug-likeness (QED) is 0.520. The van der Waals surface area contributed by atoms with E-state index in [2.05, 4.69) is 0 Å². The minimum absolute atomic E-state index is 0.0449. The number of esters is 1. The molecule has 0 bridgehead atoms. The van der Waals surface area contributed by atoms with Gasteiger partial charge in [0, 0.05) is 0 Å². The zero-order chi connectivity index (χ0) is 12.8. The average molecular weight is 236 g/mol. The zero-order valence-electron chi connectivity index (χ0n) is 8.96. The van der Waals surface area contributed by atoms with Crippen molar-refractivity contribution in [2.45, 2.75) is 6.61 Å². The van der Waals surface area contributed by atoms with E-state index < -0.39 is 23.7 Å². The topological polar surface area (TPSA) is 112 Å². The van der Waals surface area contributed by atoms with Crippen LogP contribution >= 0.6 is 0 Å². The molecule has 0 spiro atoms. The number of benzene rings is 1. The molecule has 2 amide bonds. The molecule has 0 saturated heterocycles. The third kappa shape index (κ3) is 3.60. The first-order chi connectivity index (χ1) is 8.02. The minimum Gasteiger partial charge on any atom is -0.460 e. The molecule has 0 aliphatic heterocycles. The molecule has 0 aliphatic carbocycles. The van der Waals surface area contributed by atoms with Gasteiger partial charge >= 0.3 is 5.97 Å². The molecule has 0 heterocycles. The number of nitrogens with two attached hydrogens (primary N) is 2. The Kier molecular flexibility index (Phi) is 4.21. The first kappa shape index (κ1) is 12.7. The number of ether oxygens (including phenoxy) is 1. The smallest absolute Gasteiger partial charge is 0.328 e. The molecule has 0 fully saturated rings. The molecule has 17 heavy (non-hydrogen) atoms. The summed E-state index contributed by atoms with van der Waals surface area (Å²) < 4.78 is 4.77. The van der Waals surface area contributed by atoms with Gasteiger partial charge in [-0.2, -0.15) is 0 Å². The van der Waals surface area contributed by atoms with Gasteiger partial charge in [0.05, 0.1) is 0 Å². The predicted octanol–water partition coefficient (Wildman–Crippen LogP) is -0.683. The number of amides is 2. The maximum absolute atomic E-state index is 11.4. The van der Waals surface area contributed by atoms with E-state index in [1.165, 1.54) is 0 Å². The van der Waals surface area contributed by atoms with E-state index in [1.54, 1.807) is 30.3 Å². The summed E-state index contributed by atoms with van der Waals surface area (Å²) in [5.74, 6) is -5.00. The molecule has 4 N–H and O–H groups in total. The molecular formula is C11H12N2O4. The highest BCUT2D eigenvalue weighted by atomic mass is 16.5. The Morgan fingerprint density at radius 3 is 2.06 bits per heavy atom. The summed E-state index contributed by atoms with van der Waals surface area (Å²) in [7, 11) is 0. The number of hydrogen-bond donors (Lipinski definition) is 2. The highest BCUT2D eigenvalue weighted by Crippen LogP contribution is 2.04. The van der Waals surface area contributed by atoms with Crippen molar-refractivity contribution in [3.05, 3.63) is 35.9 Å². The number of carbonyl (C=O) groups excluding carboxylic acids is 3. The molecule has 1 rings (SSSR count). The van der Waals surface area contributed by atoms with Crippen molar-refractivity contribution >= 4 is 17.8 Å². The first-order valence-electron chi connectivity index (χ1n) is 4.81. The molecule has 0 aliphatic rings. The van der Waals surface area contributed by atoms with Crippen LogP contribution in [0, 0.1) is 5.92 Å². The number of rotatable bonds is 5. The van der Waals surface area contributed by atoms with E-state index in [4.69, 9.17) is 16.2 Å². The number of carbonyl (C=O) groups is 3. The van der Waals surface area contributed by atoms with E-state index >= 15 is 0 Å². The van der Waals surface area contributed by atoms with Crippen LogP contribution < -0.4 is 11.5 Å². The maximum atomic E-state index is 11.4. The van der Waals surface area contributed by atoms with Crippen molar-refractivity contribution < 1.29 is 19.1 Å². The van der Waals surface area contributed by atoms with E-state index in [-0.39, 0.29) is 6.61 Å². The van der Waals surface area contributed by atoms with Crippen LogP contribution in [0.25, 0.3) is 0 Å². The highest BCUT2D eigenvalue weighted by Gasteiger charge is 2.31. The molecule has 0 radical (unpaired) electrons. The van der Waals surface area contributed by atoms with Crippen molar-refractivity contribution in [2.75, 3.05) is 0 Å². The fraction of sp³-hybridized carbons (Fsp3) is 0.182. The van der Waals surface area contributed by atoms with Crippen molar-refractivity contribution in [3.8, 4) is 0 Å². The van der Waals surface area contributed by atoms with Crippen molar-refractivity contribution in [1.82, 2.24) is 0 Å². The van der Waals surface area contributed by atoms with Crippen LogP contribution in [0.3, 0.4) is 0 Å². The minimum atomic E-state index is -1.74. The van der Waals surface area contributed by atoms with Crippen molar-refractivity contribution in [3.63, 3.8) is 0 Å². The lowest BCUT2D eigenvalue weighted by atomic mass is 10.1. The Balaban J connectivity index is 2.60. The van der Waals surface area contributed by atoms with Gasteiger partial charge in [0.25, 0.3) is 0 Å². The molecule has 1 aromatic rings. The van der Waals surface area contributed by atoms with Gasteiger partial charge in [0.1, 0.15) is 6.61 Å². The van der Waals surface area contributed by atoms with Crippen LogP contribution in [-0.4, -0.2) is 17.8 Å².